The quantitative estimate of drug-likeness (QED) is 0.404. The minimum atomic E-state index is -2.19. The third-order valence-electron chi connectivity index (χ3n) is 9.63. The molecule has 9 atom stereocenters. The number of esters is 1. The third kappa shape index (κ3) is 3.35. The van der Waals surface area contributed by atoms with E-state index < -0.39 is 68.4 Å². The van der Waals surface area contributed by atoms with E-state index in [0.29, 0.717) is 23.8 Å². The van der Waals surface area contributed by atoms with E-state index in [4.69, 9.17) is 20.8 Å². The maximum atomic E-state index is 17.5. The highest BCUT2D eigenvalue weighted by Gasteiger charge is 2.78. The molecule has 3 saturated carbocycles. The van der Waals surface area contributed by atoms with E-state index in [-0.39, 0.29) is 24.4 Å². The van der Waals surface area contributed by atoms with Crippen molar-refractivity contribution in [1.29, 1.82) is 0 Å². The van der Waals surface area contributed by atoms with Crippen LogP contribution in [0.4, 0.5) is 8.78 Å². The van der Waals surface area contributed by atoms with Gasteiger partial charge in [0.2, 0.25) is 10.9 Å². The number of fused-ring (bicyclic) bond motifs is 5. The van der Waals surface area contributed by atoms with E-state index in [1.54, 1.807) is 20.8 Å². The van der Waals surface area contributed by atoms with Crippen molar-refractivity contribution in [2.75, 3.05) is 6.01 Å². The Labute approximate surface area is 222 Å². The number of alkyl halides is 3. The maximum absolute atomic E-state index is 17.5. The Morgan fingerprint density at radius 1 is 1.30 bits per heavy atom. The number of aliphatic hydroxyl groups is 1. The fourth-order valence-electron chi connectivity index (χ4n) is 7.97. The van der Waals surface area contributed by atoms with Gasteiger partial charge in [-0.2, -0.15) is 0 Å². The monoisotopic (exact) mass is 554 g/mol. The van der Waals surface area contributed by atoms with Crippen LogP contribution in [0.2, 0.25) is 0 Å². The molecule has 3 fully saturated rings. The summed E-state index contributed by atoms with van der Waals surface area (Å²) in [6, 6.07) is 1.87. The van der Waals surface area contributed by atoms with E-state index in [9.17, 15) is 23.9 Å². The lowest BCUT2D eigenvalue weighted by Gasteiger charge is -2.63. The summed E-state index contributed by atoms with van der Waals surface area (Å²) in [6.07, 6.45) is 4.06. The molecular formula is C27H29ClF2O6S. The molecule has 0 spiro atoms. The number of furan rings is 1. The molecule has 0 saturated heterocycles. The molecule has 1 N–H and O–H groups in total. The van der Waals surface area contributed by atoms with Gasteiger partial charge in [-0.3, -0.25) is 9.59 Å². The van der Waals surface area contributed by atoms with Gasteiger partial charge in [0.15, 0.2) is 17.1 Å². The Morgan fingerprint density at radius 2 is 2.03 bits per heavy atom. The number of halogens is 3. The van der Waals surface area contributed by atoms with E-state index in [1.165, 1.54) is 36.6 Å². The Kier molecular flexibility index (Phi) is 6.32. The van der Waals surface area contributed by atoms with Gasteiger partial charge in [-0.25, -0.2) is 13.6 Å². The number of carbonyl (C=O) groups excluding carboxylic acids is 3. The predicted molar refractivity (Wildman–Crippen MR) is 133 cm³/mol. The van der Waals surface area contributed by atoms with Gasteiger partial charge in [-0.15, -0.1) is 11.6 Å². The molecule has 200 valence electrons. The number of hydrogen-bond acceptors (Lipinski definition) is 7. The summed E-state index contributed by atoms with van der Waals surface area (Å²) in [7, 11) is 0. The van der Waals surface area contributed by atoms with Gasteiger partial charge in [0.1, 0.15) is 6.01 Å². The highest BCUT2D eigenvalue weighted by Crippen LogP contribution is 2.72. The fourth-order valence-corrected chi connectivity index (χ4v) is 9.24. The van der Waals surface area contributed by atoms with Crippen LogP contribution in [0.1, 0.15) is 50.6 Å². The van der Waals surface area contributed by atoms with E-state index in [2.05, 4.69) is 0 Å². The molecule has 1 aromatic rings. The molecule has 0 aromatic carbocycles. The second-order valence-corrected chi connectivity index (χ2v) is 12.5. The van der Waals surface area contributed by atoms with Gasteiger partial charge in [0.25, 0.3) is 0 Å². The number of hydrogen-bond donors (Lipinski definition) is 1. The first kappa shape index (κ1) is 26.6. The van der Waals surface area contributed by atoms with Crippen molar-refractivity contribution in [3.8, 4) is 0 Å². The zero-order valence-corrected chi connectivity index (χ0v) is 22.3. The smallest absolute Gasteiger partial charge is 0.375 e. The second-order valence-electron chi connectivity index (χ2n) is 11.1. The highest BCUT2D eigenvalue weighted by molar-refractivity contribution is 8.13. The number of carbonyl (C=O) groups is 3. The van der Waals surface area contributed by atoms with Crippen LogP contribution >= 0.6 is 23.4 Å². The second kappa shape index (κ2) is 8.78. The molecule has 4 aliphatic rings. The van der Waals surface area contributed by atoms with Crippen LogP contribution in [0.3, 0.4) is 0 Å². The molecule has 0 aliphatic heterocycles. The normalized spacial score (nSPS) is 44.5. The first-order chi connectivity index (χ1) is 17.4. The molecule has 6 nitrogen and oxygen atoms in total. The zero-order valence-electron chi connectivity index (χ0n) is 20.7. The number of ketones is 1. The predicted octanol–water partition coefficient (Wildman–Crippen LogP) is 5.20. The third-order valence-corrected chi connectivity index (χ3v) is 10.7. The van der Waals surface area contributed by atoms with Crippen LogP contribution in [-0.2, 0) is 14.3 Å². The number of thioether (sulfide) groups is 1. The molecule has 4 aliphatic carbocycles. The maximum Gasteiger partial charge on any atom is 0.375 e. The van der Waals surface area contributed by atoms with Crippen molar-refractivity contribution >= 4 is 40.2 Å². The fraction of sp³-hybridized carbons (Fsp3) is 0.593. The van der Waals surface area contributed by atoms with E-state index >= 15 is 4.39 Å². The number of ether oxygens (including phenoxy) is 1. The summed E-state index contributed by atoms with van der Waals surface area (Å²) >= 11 is 7.16. The summed E-state index contributed by atoms with van der Waals surface area (Å²) in [6.45, 7) is 5.09. The number of allylic oxidation sites excluding steroid dienone is 4. The van der Waals surface area contributed by atoms with Crippen molar-refractivity contribution in [1.82, 2.24) is 0 Å². The molecule has 5 rings (SSSR count). The van der Waals surface area contributed by atoms with Gasteiger partial charge in [-0.05, 0) is 73.7 Å². The molecular weight excluding hydrogens is 526 g/mol. The zero-order chi connectivity index (χ0) is 27.0. The Bertz CT molecular complexity index is 1200. The van der Waals surface area contributed by atoms with Crippen molar-refractivity contribution in [3.63, 3.8) is 0 Å². The lowest BCUT2D eigenvalue weighted by atomic mass is 9.44. The van der Waals surface area contributed by atoms with Crippen LogP contribution in [0.15, 0.2) is 46.6 Å². The molecule has 0 bridgehead atoms. The lowest BCUT2D eigenvalue weighted by molar-refractivity contribution is -0.216. The van der Waals surface area contributed by atoms with Crippen LogP contribution < -0.4 is 0 Å². The first-order valence-electron chi connectivity index (χ1n) is 12.3. The minimum Gasteiger partial charge on any atom is -0.457 e. The largest absolute Gasteiger partial charge is 0.457 e. The molecule has 1 heterocycles. The Hall–Kier alpha value is -1.97. The van der Waals surface area contributed by atoms with E-state index in [0.717, 1.165) is 0 Å². The summed E-state index contributed by atoms with van der Waals surface area (Å²) in [5.41, 5.74) is -6.17. The molecule has 1 aromatic heterocycles. The average Bonchev–Trinajstić information content (AvgIpc) is 3.45. The van der Waals surface area contributed by atoms with Crippen LogP contribution in [0.25, 0.3) is 0 Å². The number of aliphatic hydroxyl groups excluding tert-OH is 1. The molecule has 37 heavy (non-hydrogen) atoms. The van der Waals surface area contributed by atoms with Gasteiger partial charge in [0, 0.05) is 22.7 Å². The summed E-state index contributed by atoms with van der Waals surface area (Å²) < 4.78 is 42.1. The minimum absolute atomic E-state index is 0.120. The lowest BCUT2D eigenvalue weighted by Crippen LogP contribution is -2.70. The highest BCUT2D eigenvalue weighted by atomic mass is 35.5. The van der Waals surface area contributed by atoms with Crippen molar-refractivity contribution < 1.29 is 37.4 Å². The summed E-state index contributed by atoms with van der Waals surface area (Å²) in [4.78, 5) is 38.9. The van der Waals surface area contributed by atoms with Crippen LogP contribution in [-0.4, -0.2) is 50.7 Å². The van der Waals surface area contributed by atoms with Gasteiger partial charge >= 0.3 is 5.97 Å². The Morgan fingerprint density at radius 3 is 2.68 bits per heavy atom. The van der Waals surface area contributed by atoms with Crippen LogP contribution in [0, 0.1) is 28.6 Å². The van der Waals surface area contributed by atoms with Crippen molar-refractivity contribution in [3.05, 3.63) is 48.0 Å². The average molecular weight is 555 g/mol. The summed E-state index contributed by atoms with van der Waals surface area (Å²) in [5, 5.41) is 10.2. The molecule has 10 heteroatoms. The van der Waals surface area contributed by atoms with Crippen LogP contribution in [0.5, 0.6) is 0 Å². The van der Waals surface area contributed by atoms with Crippen molar-refractivity contribution in [2.45, 2.75) is 62.8 Å². The molecule has 0 radical (unpaired) electrons. The van der Waals surface area contributed by atoms with Crippen molar-refractivity contribution in [2.24, 2.45) is 28.6 Å². The standard InChI is InChI=1S/C27H29ClF2O6S/c1-14-9-16-17-11-19(28)18-10-15(31)6-7-24(18,2)26(17,30)21(32)12-25(16,3)27(14,23(34)37-13-29)36-22(33)20-5-4-8-35-20/h4-8,10,14,16-17,19,21,32H,9,11-13H2,1-3H3/t14-,16?,17?,19?,21+,24+,25+,26+,27+/m1/s1. The van der Waals surface area contributed by atoms with Gasteiger partial charge in [-0.1, -0.05) is 19.9 Å². The SMILES string of the molecule is C[C@@H]1CC2C3CC(Cl)C4=CC(=O)C=C[C@]4(C)[C@@]3(F)[C@@H](O)C[C@]2(C)[C@@]1(OC(=O)c1ccco1)C(=O)SCF. The molecule has 3 unspecified atom stereocenters. The van der Waals surface area contributed by atoms with E-state index in [1.807, 2.05) is 0 Å². The topological polar surface area (TPSA) is 93.8 Å². The summed E-state index contributed by atoms with van der Waals surface area (Å²) in [5.74, 6) is -3.26. The Balaban J connectivity index is 1.64. The molecule has 0 amide bonds. The number of rotatable bonds is 4. The first-order valence-corrected chi connectivity index (χ1v) is 13.8. The van der Waals surface area contributed by atoms with Gasteiger partial charge in [0.05, 0.1) is 17.7 Å². The van der Waals surface area contributed by atoms with Gasteiger partial charge < -0.3 is 14.3 Å².